The molecule has 2 aromatic rings. The molecule has 0 unspecified atom stereocenters. The van der Waals surface area contributed by atoms with Gasteiger partial charge in [-0.25, -0.2) is 4.99 Å². The molecule has 33 heavy (non-hydrogen) atoms. The molecule has 0 aliphatic heterocycles. The molecule has 0 amide bonds. The molecule has 0 aliphatic carbocycles. The minimum Gasteiger partial charge on any atom is -0.490 e. The number of guanidine groups is 1. The summed E-state index contributed by atoms with van der Waals surface area (Å²) in [5.41, 5.74) is 3.44. The summed E-state index contributed by atoms with van der Waals surface area (Å²) in [4.78, 5) is 4.71. The third-order valence-electron chi connectivity index (χ3n) is 4.67. The number of methoxy groups -OCH3 is 1. The lowest BCUT2D eigenvalue weighted by Crippen LogP contribution is -2.38. The quantitative estimate of drug-likeness (QED) is 0.135. The van der Waals surface area contributed by atoms with Crippen molar-refractivity contribution in [2.24, 2.45) is 4.99 Å². The maximum Gasteiger partial charge on any atom is 0.191 e. The van der Waals surface area contributed by atoms with Crippen LogP contribution >= 0.6 is 24.0 Å². The van der Waals surface area contributed by atoms with E-state index in [1.807, 2.05) is 19.9 Å². The highest BCUT2D eigenvalue weighted by Gasteiger charge is 2.06. The Morgan fingerprint density at radius 1 is 0.848 bits per heavy atom. The lowest BCUT2D eigenvalue weighted by Gasteiger charge is -2.14. The molecular formula is C25H39IN4O3. The molecule has 0 aromatic heterocycles. The summed E-state index contributed by atoms with van der Waals surface area (Å²) in [6.45, 7) is 10.9. The first-order chi connectivity index (χ1) is 15.7. The number of aliphatic imine (C=N–C) groups is 1. The van der Waals surface area contributed by atoms with E-state index in [1.54, 1.807) is 7.11 Å². The lowest BCUT2D eigenvalue weighted by molar-refractivity contribution is 0.211. The molecule has 0 spiro atoms. The maximum atomic E-state index is 5.73. The summed E-state index contributed by atoms with van der Waals surface area (Å²) >= 11 is 0. The monoisotopic (exact) mass is 570 g/mol. The second-order valence-electron chi connectivity index (χ2n) is 7.14. The van der Waals surface area contributed by atoms with Crippen molar-refractivity contribution >= 4 is 35.6 Å². The van der Waals surface area contributed by atoms with Crippen LogP contribution in [0.3, 0.4) is 0 Å². The van der Waals surface area contributed by atoms with Gasteiger partial charge in [-0.2, -0.15) is 0 Å². The van der Waals surface area contributed by atoms with Gasteiger partial charge >= 0.3 is 0 Å². The largest absolute Gasteiger partial charge is 0.490 e. The molecule has 0 aliphatic rings. The van der Waals surface area contributed by atoms with E-state index >= 15 is 0 Å². The molecule has 0 heterocycles. The average Bonchev–Trinajstić information content (AvgIpc) is 2.80. The number of hydrogen-bond acceptors (Lipinski definition) is 5. The van der Waals surface area contributed by atoms with E-state index in [0.717, 1.165) is 54.8 Å². The van der Waals surface area contributed by atoms with Crippen molar-refractivity contribution in [3.63, 3.8) is 0 Å². The van der Waals surface area contributed by atoms with Crippen molar-refractivity contribution in [1.82, 2.24) is 10.6 Å². The van der Waals surface area contributed by atoms with Crippen LogP contribution in [-0.2, 0) is 17.7 Å². The summed E-state index contributed by atoms with van der Waals surface area (Å²) in [7, 11) is 1.70. The van der Waals surface area contributed by atoms with Crippen LogP contribution in [0.25, 0.3) is 0 Å². The van der Waals surface area contributed by atoms with Crippen molar-refractivity contribution in [2.45, 2.75) is 33.7 Å². The van der Waals surface area contributed by atoms with E-state index in [-0.39, 0.29) is 24.0 Å². The first kappa shape index (κ1) is 28.8. The summed E-state index contributed by atoms with van der Waals surface area (Å²) in [5.74, 6) is 2.40. The number of hydrogen-bond donors (Lipinski definition) is 3. The van der Waals surface area contributed by atoms with Gasteiger partial charge in [0.2, 0.25) is 0 Å². The Morgan fingerprint density at radius 2 is 1.55 bits per heavy atom. The third kappa shape index (κ3) is 11.0. The molecule has 3 N–H and O–H groups in total. The Morgan fingerprint density at radius 3 is 2.21 bits per heavy atom. The van der Waals surface area contributed by atoms with Crippen molar-refractivity contribution < 1.29 is 14.2 Å². The van der Waals surface area contributed by atoms with E-state index in [2.05, 4.69) is 59.3 Å². The first-order valence-electron chi connectivity index (χ1n) is 11.4. The van der Waals surface area contributed by atoms with E-state index in [9.17, 15) is 0 Å². The molecule has 2 aromatic carbocycles. The molecule has 8 heteroatoms. The highest BCUT2D eigenvalue weighted by molar-refractivity contribution is 14.0. The van der Waals surface area contributed by atoms with Gasteiger partial charge in [-0.15, -0.1) is 24.0 Å². The fourth-order valence-corrected chi connectivity index (χ4v) is 3.11. The zero-order chi connectivity index (χ0) is 23.0. The van der Waals surface area contributed by atoms with E-state index < -0.39 is 0 Å². The molecule has 2 rings (SSSR count). The highest BCUT2D eigenvalue weighted by atomic mass is 127. The van der Waals surface area contributed by atoms with Gasteiger partial charge in [-0.1, -0.05) is 18.2 Å². The molecule has 0 radical (unpaired) electrons. The number of ether oxygens (including phenoxy) is 3. The number of anilines is 1. The molecule has 0 bridgehead atoms. The standard InChI is InChI=1S/C25H38N4O3.HI/c1-5-26-25(29-19-21-8-11-22(12-9-21)27-16-17-30-4)28-15-14-20-10-13-23(31-6-2)24(18-20)32-7-3;/h8-13,18,27H,5-7,14-17,19H2,1-4H3,(H2,26,28,29);1H. The second-order valence-corrected chi connectivity index (χ2v) is 7.14. The zero-order valence-corrected chi connectivity index (χ0v) is 22.6. The third-order valence-corrected chi connectivity index (χ3v) is 4.67. The fourth-order valence-electron chi connectivity index (χ4n) is 3.11. The maximum absolute atomic E-state index is 5.73. The Hall–Kier alpha value is -2.20. The van der Waals surface area contributed by atoms with E-state index in [4.69, 9.17) is 19.2 Å². The Kier molecular flexibility index (Phi) is 15.1. The number of nitrogens with one attached hydrogen (secondary N) is 3. The number of halogens is 1. The van der Waals surface area contributed by atoms with Gasteiger partial charge in [0.15, 0.2) is 17.5 Å². The van der Waals surface area contributed by atoms with Crippen LogP contribution in [0.5, 0.6) is 11.5 Å². The van der Waals surface area contributed by atoms with Crippen LogP contribution in [0.4, 0.5) is 5.69 Å². The van der Waals surface area contributed by atoms with Gasteiger partial charge in [0.1, 0.15) is 0 Å². The topological polar surface area (TPSA) is 76.1 Å². The normalized spacial score (nSPS) is 10.8. The lowest BCUT2D eigenvalue weighted by atomic mass is 10.1. The van der Waals surface area contributed by atoms with Crippen molar-refractivity contribution in [1.29, 1.82) is 0 Å². The van der Waals surface area contributed by atoms with Crippen LogP contribution in [0.2, 0.25) is 0 Å². The van der Waals surface area contributed by atoms with Crippen LogP contribution < -0.4 is 25.4 Å². The van der Waals surface area contributed by atoms with Gasteiger partial charge in [0.25, 0.3) is 0 Å². The van der Waals surface area contributed by atoms with Crippen LogP contribution in [-0.4, -0.2) is 52.5 Å². The Labute approximate surface area is 215 Å². The van der Waals surface area contributed by atoms with Crippen molar-refractivity contribution in [2.75, 3.05) is 51.9 Å². The van der Waals surface area contributed by atoms with Crippen LogP contribution in [0, 0.1) is 0 Å². The average molecular weight is 571 g/mol. The molecule has 184 valence electrons. The van der Waals surface area contributed by atoms with Gasteiger partial charge in [0, 0.05) is 32.4 Å². The minimum atomic E-state index is 0. The summed E-state index contributed by atoms with van der Waals surface area (Å²) in [6.07, 6.45) is 0.860. The van der Waals surface area contributed by atoms with Crippen molar-refractivity contribution in [3.8, 4) is 11.5 Å². The smallest absolute Gasteiger partial charge is 0.191 e. The number of nitrogens with zero attached hydrogens (tertiary/aromatic N) is 1. The summed E-state index contributed by atoms with van der Waals surface area (Å²) < 4.78 is 16.4. The van der Waals surface area contributed by atoms with Crippen LogP contribution in [0.15, 0.2) is 47.5 Å². The number of rotatable bonds is 14. The Bertz CT molecular complexity index is 816. The molecule has 7 nitrogen and oxygen atoms in total. The predicted octanol–water partition coefficient (Wildman–Crippen LogP) is 4.46. The van der Waals surface area contributed by atoms with Gasteiger partial charge < -0.3 is 30.2 Å². The molecule has 0 fully saturated rings. The Balaban J connectivity index is 0.00000544. The summed E-state index contributed by atoms with van der Waals surface area (Å²) in [6, 6.07) is 14.5. The van der Waals surface area contributed by atoms with Crippen LogP contribution in [0.1, 0.15) is 31.9 Å². The molecule has 0 saturated carbocycles. The molecule has 0 saturated heterocycles. The highest BCUT2D eigenvalue weighted by Crippen LogP contribution is 2.28. The molecular weight excluding hydrogens is 531 g/mol. The number of benzene rings is 2. The van der Waals surface area contributed by atoms with E-state index in [1.165, 1.54) is 5.56 Å². The van der Waals surface area contributed by atoms with E-state index in [0.29, 0.717) is 26.4 Å². The SMILES string of the molecule is CCNC(=NCc1ccc(NCCOC)cc1)NCCc1ccc(OCC)c(OCC)c1.I. The van der Waals surface area contributed by atoms with Gasteiger partial charge in [0.05, 0.1) is 26.4 Å². The predicted molar refractivity (Wildman–Crippen MR) is 148 cm³/mol. The van der Waals surface area contributed by atoms with Gasteiger partial charge in [-0.05, 0) is 62.6 Å². The first-order valence-corrected chi connectivity index (χ1v) is 11.4. The molecule has 0 atom stereocenters. The fraction of sp³-hybridized carbons (Fsp3) is 0.480. The van der Waals surface area contributed by atoms with Crippen molar-refractivity contribution in [3.05, 3.63) is 53.6 Å². The van der Waals surface area contributed by atoms with Gasteiger partial charge in [-0.3, -0.25) is 0 Å². The second kappa shape index (κ2) is 17.3. The zero-order valence-electron chi connectivity index (χ0n) is 20.3. The summed E-state index contributed by atoms with van der Waals surface area (Å²) in [5, 5.41) is 10.0. The minimum absolute atomic E-state index is 0.